The van der Waals surface area contributed by atoms with Gasteiger partial charge in [-0.1, -0.05) is 30.3 Å². The van der Waals surface area contributed by atoms with Gasteiger partial charge in [0.2, 0.25) is 0 Å². The molecule has 0 aliphatic rings. The summed E-state index contributed by atoms with van der Waals surface area (Å²) in [5.41, 5.74) is 3.59. The maximum atomic E-state index is 12.3. The van der Waals surface area contributed by atoms with Gasteiger partial charge in [0, 0.05) is 22.5 Å². The molecule has 0 saturated carbocycles. The Bertz CT molecular complexity index is 887. The van der Waals surface area contributed by atoms with E-state index < -0.39 is 0 Å². The van der Waals surface area contributed by atoms with Gasteiger partial charge in [-0.15, -0.1) is 0 Å². The van der Waals surface area contributed by atoms with Gasteiger partial charge in [-0.25, -0.2) is 0 Å². The van der Waals surface area contributed by atoms with Gasteiger partial charge >= 0.3 is 0 Å². The second-order valence-corrected chi connectivity index (χ2v) is 5.72. The summed E-state index contributed by atoms with van der Waals surface area (Å²) >= 11 is 0. The number of benzene rings is 3. The highest BCUT2D eigenvalue weighted by Gasteiger charge is 2.08. The fourth-order valence-corrected chi connectivity index (χ4v) is 2.42. The van der Waals surface area contributed by atoms with Crippen LogP contribution >= 0.6 is 0 Å². The van der Waals surface area contributed by atoms with Crippen molar-refractivity contribution < 1.29 is 9.59 Å². The molecule has 25 heavy (non-hydrogen) atoms. The van der Waals surface area contributed by atoms with Gasteiger partial charge in [-0.3, -0.25) is 9.59 Å². The van der Waals surface area contributed by atoms with E-state index >= 15 is 0 Å². The number of carbonyl (C=O) groups excluding carboxylic acids is 2. The zero-order valence-corrected chi connectivity index (χ0v) is 13.8. The highest BCUT2D eigenvalue weighted by atomic mass is 16.2. The van der Waals surface area contributed by atoms with Crippen molar-refractivity contribution in [3.8, 4) is 0 Å². The molecule has 0 aromatic heterocycles. The van der Waals surface area contributed by atoms with Crippen LogP contribution < -0.4 is 10.6 Å². The minimum Gasteiger partial charge on any atom is -0.322 e. The van der Waals surface area contributed by atoms with Gasteiger partial charge in [0.1, 0.15) is 0 Å². The average Bonchev–Trinajstić information content (AvgIpc) is 2.63. The van der Waals surface area contributed by atoms with Gasteiger partial charge in [0.15, 0.2) is 0 Å². The second kappa shape index (κ2) is 7.45. The molecule has 0 aliphatic carbocycles. The Balaban J connectivity index is 1.65. The Morgan fingerprint density at radius 1 is 0.640 bits per heavy atom. The first-order chi connectivity index (χ1) is 12.1. The topological polar surface area (TPSA) is 58.2 Å². The van der Waals surface area contributed by atoms with Crippen LogP contribution in [0.25, 0.3) is 0 Å². The minimum absolute atomic E-state index is 0.183. The van der Waals surface area contributed by atoms with E-state index in [-0.39, 0.29) is 11.8 Å². The predicted octanol–water partition coefficient (Wildman–Crippen LogP) is 4.50. The molecule has 0 spiro atoms. The standard InChI is InChI=1S/C21H18N2O2/c1-15-6-5-9-19(14-15)23-21(25)17-10-12-18(13-11-17)22-20(24)16-7-3-2-4-8-16/h2-14H,1H3,(H,22,24)(H,23,25). The van der Waals surface area contributed by atoms with Gasteiger partial charge in [-0.05, 0) is 61.0 Å². The van der Waals surface area contributed by atoms with Crippen LogP contribution in [-0.2, 0) is 0 Å². The van der Waals surface area contributed by atoms with Crippen LogP contribution in [0.4, 0.5) is 11.4 Å². The number of hydrogen-bond acceptors (Lipinski definition) is 2. The van der Waals surface area contributed by atoms with Crippen LogP contribution in [0.15, 0.2) is 78.9 Å². The molecule has 0 radical (unpaired) electrons. The monoisotopic (exact) mass is 330 g/mol. The summed E-state index contributed by atoms with van der Waals surface area (Å²) in [4.78, 5) is 24.4. The molecule has 3 rings (SSSR count). The lowest BCUT2D eigenvalue weighted by Crippen LogP contribution is -2.13. The Morgan fingerprint density at radius 3 is 1.88 bits per heavy atom. The van der Waals surface area contributed by atoms with E-state index in [4.69, 9.17) is 0 Å². The molecular formula is C21H18N2O2. The first-order valence-corrected chi connectivity index (χ1v) is 7.96. The van der Waals surface area contributed by atoms with Crippen molar-refractivity contribution in [3.05, 3.63) is 95.6 Å². The fourth-order valence-electron chi connectivity index (χ4n) is 2.42. The second-order valence-electron chi connectivity index (χ2n) is 5.72. The smallest absolute Gasteiger partial charge is 0.255 e. The maximum Gasteiger partial charge on any atom is 0.255 e. The van der Waals surface area contributed by atoms with Crippen LogP contribution in [0, 0.1) is 6.92 Å². The van der Waals surface area contributed by atoms with E-state index in [1.165, 1.54) is 0 Å². The molecule has 3 aromatic carbocycles. The summed E-state index contributed by atoms with van der Waals surface area (Å²) in [5.74, 6) is -0.371. The van der Waals surface area contributed by atoms with E-state index in [9.17, 15) is 9.59 Å². The number of nitrogens with one attached hydrogen (secondary N) is 2. The van der Waals surface area contributed by atoms with Gasteiger partial charge < -0.3 is 10.6 Å². The summed E-state index contributed by atoms with van der Waals surface area (Å²) in [6, 6.07) is 23.4. The van der Waals surface area contributed by atoms with E-state index in [0.29, 0.717) is 16.8 Å². The first-order valence-electron chi connectivity index (χ1n) is 7.96. The summed E-state index contributed by atoms with van der Waals surface area (Å²) in [7, 11) is 0. The fraction of sp³-hybridized carbons (Fsp3) is 0.0476. The van der Waals surface area contributed by atoms with Crippen molar-refractivity contribution in [3.63, 3.8) is 0 Å². The highest BCUT2D eigenvalue weighted by Crippen LogP contribution is 2.14. The van der Waals surface area contributed by atoms with Gasteiger partial charge in [-0.2, -0.15) is 0 Å². The third-order valence-corrected chi connectivity index (χ3v) is 3.72. The van der Waals surface area contributed by atoms with Crippen LogP contribution in [0.2, 0.25) is 0 Å². The van der Waals surface area contributed by atoms with E-state index in [0.717, 1.165) is 11.3 Å². The zero-order valence-electron chi connectivity index (χ0n) is 13.8. The molecule has 2 N–H and O–H groups in total. The average molecular weight is 330 g/mol. The number of rotatable bonds is 4. The molecule has 2 amide bonds. The van der Waals surface area contributed by atoms with Crippen LogP contribution in [-0.4, -0.2) is 11.8 Å². The third kappa shape index (κ3) is 4.32. The molecule has 4 heteroatoms. The Morgan fingerprint density at radius 2 is 1.24 bits per heavy atom. The number of anilines is 2. The van der Waals surface area contributed by atoms with Crippen molar-refractivity contribution in [1.29, 1.82) is 0 Å². The summed E-state index contributed by atoms with van der Waals surface area (Å²) in [6.45, 7) is 1.97. The van der Waals surface area contributed by atoms with Crippen molar-refractivity contribution in [1.82, 2.24) is 0 Å². The molecule has 0 atom stereocenters. The maximum absolute atomic E-state index is 12.3. The molecule has 4 nitrogen and oxygen atoms in total. The molecule has 0 unspecified atom stereocenters. The van der Waals surface area contributed by atoms with Crippen molar-refractivity contribution in [2.45, 2.75) is 6.92 Å². The van der Waals surface area contributed by atoms with Crippen LogP contribution in [0.5, 0.6) is 0 Å². The Labute approximate surface area is 146 Å². The van der Waals surface area contributed by atoms with E-state index in [1.807, 2.05) is 49.4 Å². The summed E-state index contributed by atoms with van der Waals surface area (Å²) in [5, 5.41) is 5.67. The van der Waals surface area contributed by atoms with Crippen molar-refractivity contribution in [2.75, 3.05) is 10.6 Å². The first kappa shape index (κ1) is 16.5. The molecular weight excluding hydrogens is 312 g/mol. The lowest BCUT2D eigenvalue weighted by molar-refractivity contribution is 0.102. The van der Waals surface area contributed by atoms with Gasteiger partial charge in [0.25, 0.3) is 11.8 Å². The molecule has 3 aromatic rings. The molecule has 0 aliphatic heterocycles. The Hall–Kier alpha value is -3.40. The quantitative estimate of drug-likeness (QED) is 0.740. The minimum atomic E-state index is -0.188. The molecule has 0 fully saturated rings. The third-order valence-electron chi connectivity index (χ3n) is 3.72. The lowest BCUT2D eigenvalue weighted by Gasteiger charge is -2.08. The zero-order chi connectivity index (χ0) is 17.6. The molecule has 124 valence electrons. The van der Waals surface area contributed by atoms with E-state index in [1.54, 1.807) is 36.4 Å². The summed E-state index contributed by atoms with van der Waals surface area (Å²) < 4.78 is 0. The normalized spacial score (nSPS) is 10.1. The number of aryl methyl sites for hydroxylation is 1. The molecule has 0 bridgehead atoms. The van der Waals surface area contributed by atoms with Crippen molar-refractivity contribution >= 4 is 23.2 Å². The predicted molar refractivity (Wildman–Crippen MR) is 100.0 cm³/mol. The summed E-state index contributed by atoms with van der Waals surface area (Å²) in [6.07, 6.45) is 0. The van der Waals surface area contributed by atoms with Crippen LogP contribution in [0.1, 0.15) is 26.3 Å². The number of carbonyl (C=O) groups is 2. The molecule has 0 heterocycles. The van der Waals surface area contributed by atoms with E-state index in [2.05, 4.69) is 10.6 Å². The SMILES string of the molecule is Cc1cccc(NC(=O)c2ccc(NC(=O)c3ccccc3)cc2)c1. The molecule has 0 saturated heterocycles. The Kier molecular flexibility index (Phi) is 4.90. The van der Waals surface area contributed by atoms with Crippen LogP contribution in [0.3, 0.4) is 0 Å². The highest BCUT2D eigenvalue weighted by molar-refractivity contribution is 6.06. The van der Waals surface area contributed by atoms with Crippen molar-refractivity contribution in [2.24, 2.45) is 0 Å². The largest absolute Gasteiger partial charge is 0.322 e. The lowest BCUT2D eigenvalue weighted by atomic mass is 10.1. The number of hydrogen-bond donors (Lipinski definition) is 2. The number of amides is 2. The van der Waals surface area contributed by atoms with Gasteiger partial charge in [0.05, 0.1) is 0 Å².